The summed E-state index contributed by atoms with van der Waals surface area (Å²) < 4.78 is 0. The number of benzene rings is 10. The average Bonchev–Trinajstić information content (AvgIpc) is 3.33. The number of hydrogen-bond acceptors (Lipinski definition) is 1. The van der Waals surface area contributed by atoms with Crippen molar-refractivity contribution < 1.29 is 0 Å². The highest BCUT2D eigenvalue weighted by atomic mass is 15.1. The van der Waals surface area contributed by atoms with Crippen molar-refractivity contribution in [3.8, 4) is 66.8 Å². The Kier molecular flexibility index (Phi) is 9.68. The fraction of sp³-hybridized carbons (Fsp3) is 0. The lowest BCUT2D eigenvalue weighted by Crippen LogP contribution is -2.09. The molecule has 0 bridgehead atoms. The topological polar surface area (TPSA) is 3.24 Å². The maximum Gasteiger partial charge on any atom is 0.0462 e. The van der Waals surface area contributed by atoms with Gasteiger partial charge in [-0.25, -0.2) is 0 Å². The number of anilines is 3. The molecule has 0 radical (unpaired) electrons. The molecule has 0 saturated heterocycles. The molecule has 0 N–H and O–H groups in total. The van der Waals surface area contributed by atoms with Gasteiger partial charge < -0.3 is 4.90 Å². The Morgan fingerprint density at radius 1 is 0.203 bits per heavy atom. The summed E-state index contributed by atoms with van der Waals surface area (Å²) in [6.45, 7) is 0. The summed E-state index contributed by atoms with van der Waals surface area (Å²) in [5, 5.41) is 2.52. The van der Waals surface area contributed by atoms with E-state index in [0.29, 0.717) is 0 Å². The van der Waals surface area contributed by atoms with Crippen molar-refractivity contribution >= 4 is 27.8 Å². The maximum absolute atomic E-state index is 2.35. The quantitative estimate of drug-likeness (QED) is 0.142. The molecule has 0 aliphatic heterocycles. The van der Waals surface area contributed by atoms with E-state index in [0.717, 1.165) is 17.1 Å². The lowest BCUT2D eigenvalue weighted by Gasteiger charge is -2.26. The van der Waals surface area contributed by atoms with Crippen molar-refractivity contribution in [2.24, 2.45) is 0 Å². The Hall–Kier alpha value is -7.74. The first-order valence-corrected chi connectivity index (χ1v) is 20.2. The van der Waals surface area contributed by atoms with Crippen LogP contribution in [0.15, 0.2) is 249 Å². The van der Waals surface area contributed by atoms with Crippen molar-refractivity contribution in [3.63, 3.8) is 0 Å². The zero-order valence-electron chi connectivity index (χ0n) is 32.6. The van der Waals surface area contributed by atoms with Crippen molar-refractivity contribution in [1.82, 2.24) is 0 Å². The van der Waals surface area contributed by atoms with Gasteiger partial charge in [-0.05, 0) is 126 Å². The van der Waals surface area contributed by atoms with E-state index in [1.807, 2.05) is 0 Å². The lowest BCUT2D eigenvalue weighted by atomic mass is 9.91. The van der Waals surface area contributed by atoms with E-state index < -0.39 is 0 Å². The lowest BCUT2D eigenvalue weighted by molar-refractivity contribution is 1.28. The van der Waals surface area contributed by atoms with Gasteiger partial charge in [0.2, 0.25) is 0 Å². The molecular formula is C58H41N. The van der Waals surface area contributed by atoms with Gasteiger partial charge in [-0.1, -0.05) is 200 Å². The number of nitrogens with zero attached hydrogens (tertiary/aromatic N) is 1. The van der Waals surface area contributed by atoms with Crippen LogP contribution in [0.5, 0.6) is 0 Å². The maximum atomic E-state index is 2.35. The Bertz CT molecular complexity index is 2980. The van der Waals surface area contributed by atoms with Gasteiger partial charge in [-0.15, -0.1) is 0 Å². The molecule has 0 aliphatic carbocycles. The molecule has 0 unspecified atom stereocenters. The smallest absolute Gasteiger partial charge is 0.0462 e. The summed E-state index contributed by atoms with van der Waals surface area (Å²) in [5.74, 6) is 0. The van der Waals surface area contributed by atoms with Gasteiger partial charge in [-0.2, -0.15) is 0 Å². The van der Waals surface area contributed by atoms with E-state index in [2.05, 4.69) is 254 Å². The normalized spacial score (nSPS) is 11.1. The molecule has 0 aliphatic rings. The minimum Gasteiger partial charge on any atom is -0.311 e. The van der Waals surface area contributed by atoms with E-state index in [9.17, 15) is 0 Å². The van der Waals surface area contributed by atoms with Crippen molar-refractivity contribution in [3.05, 3.63) is 249 Å². The molecule has 10 aromatic rings. The molecule has 10 aromatic carbocycles. The van der Waals surface area contributed by atoms with E-state index >= 15 is 0 Å². The molecule has 10 rings (SSSR count). The van der Waals surface area contributed by atoms with Gasteiger partial charge in [-0.3, -0.25) is 0 Å². The average molecular weight is 752 g/mol. The molecule has 1 heteroatoms. The molecule has 0 spiro atoms. The van der Waals surface area contributed by atoms with Gasteiger partial charge in [0, 0.05) is 17.1 Å². The van der Waals surface area contributed by atoms with Gasteiger partial charge in [0.25, 0.3) is 0 Å². The third kappa shape index (κ3) is 7.34. The molecular weight excluding hydrogens is 711 g/mol. The van der Waals surface area contributed by atoms with Crippen molar-refractivity contribution in [2.45, 2.75) is 0 Å². The van der Waals surface area contributed by atoms with Gasteiger partial charge in [0.1, 0.15) is 0 Å². The molecule has 0 fully saturated rings. The predicted molar refractivity (Wildman–Crippen MR) is 251 cm³/mol. The van der Waals surface area contributed by atoms with Crippen molar-refractivity contribution in [1.29, 1.82) is 0 Å². The Morgan fingerprint density at radius 2 is 0.593 bits per heavy atom. The minimum absolute atomic E-state index is 1.09. The fourth-order valence-corrected chi connectivity index (χ4v) is 8.28. The van der Waals surface area contributed by atoms with Crippen LogP contribution < -0.4 is 4.90 Å². The van der Waals surface area contributed by atoms with Crippen LogP contribution in [0.25, 0.3) is 77.5 Å². The molecule has 0 atom stereocenters. The van der Waals surface area contributed by atoms with Gasteiger partial charge >= 0.3 is 0 Å². The monoisotopic (exact) mass is 751 g/mol. The second kappa shape index (κ2) is 16.0. The van der Waals surface area contributed by atoms with Gasteiger partial charge in [0.15, 0.2) is 0 Å². The van der Waals surface area contributed by atoms with Crippen LogP contribution in [0.3, 0.4) is 0 Å². The molecule has 0 amide bonds. The van der Waals surface area contributed by atoms with E-state index in [-0.39, 0.29) is 0 Å². The fourth-order valence-electron chi connectivity index (χ4n) is 8.28. The second-order valence-corrected chi connectivity index (χ2v) is 14.9. The largest absolute Gasteiger partial charge is 0.311 e. The highest BCUT2D eigenvalue weighted by molar-refractivity contribution is 5.97. The Balaban J connectivity index is 1.01. The number of fused-ring (bicyclic) bond motifs is 1. The van der Waals surface area contributed by atoms with Crippen LogP contribution in [0.1, 0.15) is 0 Å². The number of hydrogen-bond donors (Lipinski definition) is 0. The zero-order chi connectivity index (χ0) is 39.4. The van der Waals surface area contributed by atoms with Crippen LogP contribution in [0.4, 0.5) is 17.1 Å². The first-order valence-electron chi connectivity index (χ1n) is 20.2. The summed E-state index contributed by atoms with van der Waals surface area (Å²) in [6.07, 6.45) is 0. The van der Waals surface area contributed by atoms with E-state index in [1.54, 1.807) is 0 Å². The summed E-state index contributed by atoms with van der Waals surface area (Å²) in [7, 11) is 0. The van der Waals surface area contributed by atoms with Crippen LogP contribution >= 0.6 is 0 Å². The third-order valence-corrected chi connectivity index (χ3v) is 11.3. The minimum atomic E-state index is 1.09. The van der Waals surface area contributed by atoms with Crippen molar-refractivity contribution in [2.75, 3.05) is 4.90 Å². The van der Waals surface area contributed by atoms with Crippen LogP contribution in [-0.4, -0.2) is 0 Å². The van der Waals surface area contributed by atoms with Crippen LogP contribution in [0.2, 0.25) is 0 Å². The highest BCUT2D eigenvalue weighted by Gasteiger charge is 2.15. The second-order valence-electron chi connectivity index (χ2n) is 14.9. The van der Waals surface area contributed by atoms with E-state index in [4.69, 9.17) is 0 Å². The zero-order valence-corrected chi connectivity index (χ0v) is 32.6. The molecule has 278 valence electrons. The Labute approximate surface area is 346 Å². The molecule has 0 heterocycles. The SMILES string of the molecule is c1ccc(-c2ccc(N(c3ccc(-c4cccc(-c5cccc6ccccc56)c4)cc3)c3ccc(-c4ccc(-c5ccccc5)c(-c5ccccc5)c4)cc3)cc2)cc1. The first-order chi connectivity index (χ1) is 29.2. The summed E-state index contributed by atoms with van der Waals surface area (Å²) in [4.78, 5) is 2.35. The predicted octanol–water partition coefficient (Wildman–Crippen LogP) is 16.3. The highest BCUT2D eigenvalue weighted by Crippen LogP contribution is 2.40. The third-order valence-electron chi connectivity index (χ3n) is 11.3. The van der Waals surface area contributed by atoms with Gasteiger partial charge in [0.05, 0.1) is 0 Å². The summed E-state index contributed by atoms with van der Waals surface area (Å²) in [6, 6.07) is 89.7. The van der Waals surface area contributed by atoms with Crippen LogP contribution in [0, 0.1) is 0 Å². The molecule has 59 heavy (non-hydrogen) atoms. The Morgan fingerprint density at radius 3 is 1.19 bits per heavy atom. The molecule has 0 aromatic heterocycles. The number of rotatable bonds is 9. The van der Waals surface area contributed by atoms with Crippen LogP contribution in [-0.2, 0) is 0 Å². The van der Waals surface area contributed by atoms with E-state index in [1.165, 1.54) is 77.5 Å². The molecule has 1 nitrogen and oxygen atoms in total. The first kappa shape index (κ1) is 35.7. The standard InChI is InChI=1S/C58H41N/c1-4-14-42(15-5-1)43-26-33-52(34-27-43)59(53-35-28-44(29-36-53)49-22-12-23-51(40-49)56-25-13-21-47-20-10-11-24-55(47)56)54-37-30-45(31-38-54)50-32-39-57(46-16-6-2-7-17-46)58(41-50)48-18-8-3-9-19-48/h1-41H. The summed E-state index contributed by atoms with van der Waals surface area (Å²) in [5.41, 5.74) is 17.8. The summed E-state index contributed by atoms with van der Waals surface area (Å²) >= 11 is 0. The molecule has 0 saturated carbocycles.